The van der Waals surface area contributed by atoms with E-state index in [2.05, 4.69) is 58.1 Å². The standard InChI is InChI=1S/C24H30N4O/c25-11-4-12-27-14-10-21-19-22(7-8-23(21)27)24(29)28-17-15-26(16-18-28)13-9-20-5-2-1-3-6-20/h1-3,5-8,10,14,19H,4,9,11-13,15-18,25H2. The highest BCUT2D eigenvalue weighted by Crippen LogP contribution is 2.20. The molecule has 0 aliphatic carbocycles. The van der Waals surface area contributed by atoms with E-state index in [1.165, 1.54) is 11.1 Å². The summed E-state index contributed by atoms with van der Waals surface area (Å²) < 4.78 is 2.21. The molecule has 1 aromatic heterocycles. The Morgan fingerprint density at radius 2 is 1.72 bits per heavy atom. The lowest BCUT2D eigenvalue weighted by Gasteiger charge is -2.34. The highest BCUT2D eigenvalue weighted by Gasteiger charge is 2.22. The van der Waals surface area contributed by atoms with Crippen molar-refractivity contribution < 1.29 is 4.79 Å². The minimum atomic E-state index is 0.143. The van der Waals surface area contributed by atoms with Gasteiger partial charge < -0.3 is 15.2 Å². The summed E-state index contributed by atoms with van der Waals surface area (Å²) in [6.45, 7) is 6.12. The molecule has 0 atom stereocenters. The van der Waals surface area contributed by atoms with Gasteiger partial charge in [-0.05, 0) is 49.2 Å². The van der Waals surface area contributed by atoms with Crippen molar-refractivity contribution in [3.05, 3.63) is 71.9 Å². The van der Waals surface area contributed by atoms with E-state index < -0.39 is 0 Å². The predicted molar refractivity (Wildman–Crippen MR) is 118 cm³/mol. The molecule has 4 rings (SSSR count). The topological polar surface area (TPSA) is 54.5 Å². The zero-order valence-electron chi connectivity index (χ0n) is 17.0. The number of rotatable bonds is 7. The maximum Gasteiger partial charge on any atom is 0.253 e. The number of nitrogens with two attached hydrogens (primary N) is 1. The Bertz CT molecular complexity index is 942. The molecule has 2 N–H and O–H groups in total. The molecule has 0 unspecified atom stereocenters. The fourth-order valence-corrected chi connectivity index (χ4v) is 4.08. The average molecular weight is 391 g/mol. The van der Waals surface area contributed by atoms with Crippen molar-refractivity contribution in [2.45, 2.75) is 19.4 Å². The smallest absolute Gasteiger partial charge is 0.253 e. The number of benzene rings is 2. The van der Waals surface area contributed by atoms with Crippen molar-refractivity contribution in [2.75, 3.05) is 39.3 Å². The molecule has 0 saturated carbocycles. The summed E-state index contributed by atoms with van der Waals surface area (Å²) in [6, 6.07) is 18.7. The van der Waals surface area contributed by atoms with E-state index >= 15 is 0 Å². The highest BCUT2D eigenvalue weighted by molar-refractivity contribution is 5.98. The number of piperazine rings is 1. The molecule has 5 heteroatoms. The van der Waals surface area contributed by atoms with Gasteiger partial charge in [0, 0.05) is 61.9 Å². The third kappa shape index (κ3) is 4.69. The first kappa shape index (κ1) is 19.7. The molecule has 1 amide bonds. The van der Waals surface area contributed by atoms with Crippen LogP contribution < -0.4 is 5.73 Å². The molecule has 1 saturated heterocycles. The van der Waals surface area contributed by atoms with Crippen molar-refractivity contribution in [1.29, 1.82) is 0 Å². The van der Waals surface area contributed by atoms with E-state index in [0.717, 1.165) is 63.1 Å². The molecule has 2 aromatic carbocycles. The quantitative estimate of drug-likeness (QED) is 0.675. The van der Waals surface area contributed by atoms with Crippen LogP contribution >= 0.6 is 0 Å². The first-order chi connectivity index (χ1) is 14.2. The van der Waals surface area contributed by atoms with Gasteiger partial charge in [0.15, 0.2) is 0 Å². The van der Waals surface area contributed by atoms with Crippen LogP contribution in [-0.4, -0.2) is 59.5 Å². The van der Waals surface area contributed by atoms with Gasteiger partial charge >= 0.3 is 0 Å². The Hall–Kier alpha value is -2.63. The summed E-state index contributed by atoms with van der Waals surface area (Å²) in [6.07, 6.45) is 4.10. The Morgan fingerprint density at radius 1 is 0.931 bits per heavy atom. The summed E-state index contributed by atoms with van der Waals surface area (Å²) in [5, 5.41) is 1.12. The van der Waals surface area contributed by atoms with E-state index in [0.29, 0.717) is 6.54 Å². The summed E-state index contributed by atoms with van der Waals surface area (Å²) in [4.78, 5) is 17.4. The molecule has 0 spiro atoms. The highest BCUT2D eigenvalue weighted by atomic mass is 16.2. The maximum atomic E-state index is 13.0. The lowest BCUT2D eigenvalue weighted by molar-refractivity contribution is 0.0638. The monoisotopic (exact) mass is 390 g/mol. The first-order valence-corrected chi connectivity index (χ1v) is 10.6. The summed E-state index contributed by atoms with van der Waals surface area (Å²) in [5.41, 5.74) is 8.95. The second kappa shape index (κ2) is 9.25. The molecule has 1 aliphatic rings. The SMILES string of the molecule is NCCCn1ccc2cc(C(=O)N3CCN(CCc4ccccc4)CC3)ccc21. The van der Waals surface area contributed by atoms with Gasteiger partial charge in [-0.25, -0.2) is 0 Å². The van der Waals surface area contributed by atoms with Crippen LogP contribution in [0.4, 0.5) is 0 Å². The van der Waals surface area contributed by atoms with E-state index in [4.69, 9.17) is 5.73 Å². The van der Waals surface area contributed by atoms with Crippen molar-refractivity contribution in [1.82, 2.24) is 14.4 Å². The number of aryl methyl sites for hydroxylation is 1. The predicted octanol–water partition coefficient (Wildman–Crippen LogP) is 2.99. The van der Waals surface area contributed by atoms with Crippen molar-refractivity contribution >= 4 is 16.8 Å². The number of carbonyl (C=O) groups excluding carboxylic acids is 1. The van der Waals surface area contributed by atoms with Gasteiger partial charge in [-0.15, -0.1) is 0 Å². The Balaban J connectivity index is 1.33. The molecule has 1 aliphatic heterocycles. The van der Waals surface area contributed by atoms with E-state index in [1.807, 2.05) is 17.0 Å². The van der Waals surface area contributed by atoms with Gasteiger partial charge in [0.2, 0.25) is 0 Å². The second-order valence-electron chi connectivity index (χ2n) is 7.79. The zero-order chi connectivity index (χ0) is 20.1. The Labute approximate surface area is 172 Å². The third-order valence-electron chi connectivity index (χ3n) is 5.84. The van der Waals surface area contributed by atoms with Gasteiger partial charge in [0.25, 0.3) is 5.91 Å². The number of fused-ring (bicyclic) bond motifs is 1. The number of aromatic nitrogens is 1. The van der Waals surface area contributed by atoms with E-state index in [-0.39, 0.29) is 5.91 Å². The first-order valence-electron chi connectivity index (χ1n) is 10.6. The number of hydrogen-bond donors (Lipinski definition) is 1. The van der Waals surface area contributed by atoms with Crippen LogP contribution in [0.25, 0.3) is 10.9 Å². The van der Waals surface area contributed by atoms with Crippen molar-refractivity contribution in [3.63, 3.8) is 0 Å². The molecule has 0 radical (unpaired) electrons. The normalized spacial score (nSPS) is 15.1. The minimum Gasteiger partial charge on any atom is -0.347 e. The fraction of sp³-hybridized carbons (Fsp3) is 0.375. The lowest BCUT2D eigenvalue weighted by Crippen LogP contribution is -2.49. The molecule has 1 fully saturated rings. The summed E-state index contributed by atoms with van der Waals surface area (Å²) in [7, 11) is 0. The van der Waals surface area contributed by atoms with Crippen LogP contribution in [0.1, 0.15) is 22.3 Å². The molecule has 3 aromatic rings. The van der Waals surface area contributed by atoms with Crippen LogP contribution in [0.15, 0.2) is 60.8 Å². The maximum absolute atomic E-state index is 13.0. The van der Waals surface area contributed by atoms with Crippen LogP contribution in [0.5, 0.6) is 0 Å². The van der Waals surface area contributed by atoms with Gasteiger partial charge in [-0.3, -0.25) is 9.69 Å². The largest absolute Gasteiger partial charge is 0.347 e. The van der Waals surface area contributed by atoms with Gasteiger partial charge in [-0.1, -0.05) is 30.3 Å². The lowest BCUT2D eigenvalue weighted by atomic mass is 10.1. The van der Waals surface area contributed by atoms with Crippen LogP contribution in [0.2, 0.25) is 0 Å². The number of carbonyl (C=O) groups is 1. The number of hydrogen-bond acceptors (Lipinski definition) is 3. The van der Waals surface area contributed by atoms with Crippen LogP contribution in [0.3, 0.4) is 0 Å². The average Bonchev–Trinajstić information content (AvgIpc) is 3.19. The zero-order valence-corrected chi connectivity index (χ0v) is 17.0. The molecule has 0 bridgehead atoms. The van der Waals surface area contributed by atoms with Gasteiger partial charge in [-0.2, -0.15) is 0 Å². The molecule has 2 heterocycles. The molecule has 152 valence electrons. The minimum absolute atomic E-state index is 0.143. The summed E-state index contributed by atoms with van der Waals surface area (Å²) in [5.74, 6) is 0.143. The van der Waals surface area contributed by atoms with E-state index in [1.54, 1.807) is 0 Å². The molecular weight excluding hydrogens is 360 g/mol. The second-order valence-corrected chi connectivity index (χ2v) is 7.79. The van der Waals surface area contributed by atoms with Gasteiger partial charge in [0.05, 0.1) is 0 Å². The molecular formula is C24H30N4O. The van der Waals surface area contributed by atoms with E-state index in [9.17, 15) is 4.79 Å². The van der Waals surface area contributed by atoms with Crippen LogP contribution in [0, 0.1) is 0 Å². The van der Waals surface area contributed by atoms with Gasteiger partial charge in [0.1, 0.15) is 0 Å². The fourth-order valence-electron chi connectivity index (χ4n) is 4.08. The molecule has 5 nitrogen and oxygen atoms in total. The summed E-state index contributed by atoms with van der Waals surface area (Å²) >= 11 is 0. The number of amides is 1. The van der Waals surface area contributed by atoms with Crippen molar-refractivity contribution in [3.8, 4) is 0 Å². The van der Waals surface area contributed by atoms with Crippen molar-refractivity contribution in [2.24, 2.45) is 5.73 Å². The Kier molecular flexibility index (Phi) is 6.27. The number of nitrogens with zero attached hydrogens (tertiary/aromatic N) is 3. The Morgan fingerprint density at radius 3 is 2.48 bits per heavy atom. The van der Waals surface area contributed by atoms with Crippen LogP contribution in [-0.2, 0) is 13.0 Å². The third-order valence-corrected chi connectivity index (χ3v) is 5.84. The molecule has 29 heavy (non-hydrogen) atoms.